The number of hydrogen-bond donors (Lipinski definition) is 1. The Morgan fingerprint density at radius 3 is 2.55 bits per heavy atom. The second kappa shape index (κ2) is 6.91. The predicted molar refractivity (Wildman–Crippen MR) is 78.4 cm³/mol. The highest BCUT2D eigenvalue weighted by molar-refractivity contribution is 7.85. The zero-order valence-electron chi connectivity index (χ0n) is 11.1. The third-order valence-corrected chi connectivity index (χ3v) is 3.92. The SMILES string of the molecule is COc1ccc(OCCS(=O)c2ncccc2N)cc1. The van der Waals surface area contributed by atoms with Gasteiger partial charge < -0.3 is 15.2 Å². The van der Waals surface area contributed by atoms with Gasteiger partial charge in [0.05, 0.1) is 29.3 Å². The molecule has 0 saturated carbocycles. The van der Waals surface area contributed by atoms with Gasteiger partial charge in [0.2, 0.25) is 0 Å². The first-order chi connectivity index (χ1) is 9.70. The zero-order chi connectivity index (χ0) is 14.4. The van der Waals surface area contributed by atoms with Crippen LogP contribution in [0.3, 0.4) is 0 Å². The van der Waals surface area contributed by atoms with Crippen LogP contribution >= 0.6 is 0 Å². The van der Waals surface area contributed by atoms with Crippen LogP contribution in [0.1, 0.15) is 0 Å². The number of aromatic nitrogens is 1. The summed E-state index contributed by atoms with van der Waals surface area (Å²) in [5.41, 5.74) is 6.17. The Morgan fingerprint density at radius 2 is 1.90 bits per heavy atom. The second-order valence-electron chi connectivity index (χ2n) is 3.97. The van der Waals surface area contributed by atoms with Crippen LogP contribution in [-0.2, 0) is 10.8 Å². The summed E-state index contributed by atoms with van der Waals surface area (Å²) in [5, 5.41) is 0.408. The Hall–Kier alpha value is -2.08. The van der Waals surface area contributed by atoms with E-state index in [1.54, 1.807) is 37.6 Å². The van der Waals surface area contributed by atoms with Crippen LogP contribution in [0.25, 0.3) is 0 Å². The van der Waals surface area contributed by atoms with E-state index in [9.17, 15) is 4.21 Å². The van der Waals surface area contributed by atoms with Gasteiger partial charge in [0.15, 0.2) is 0 Å². The number of anilines is 1. The van der Waals surface area contributed by atoms with Crippen molar-refractivity contribution < 1.29 is 13.7 Å². The average Bonchev–Trinajstić information content (AvgIpc) is 2.48. The molecule has 1 aromatic heterocycles. The van der Waals surface area contributed by atoms with E-state index in [0.717, 1.165) is 5.75 Å². The summed E-state index contributed by atoms with van der Waals surface area (Å²) < 4.78 is 22.6. The molecule has 1 atom stereocenters. The number of nitrogens with zero attached hydrogens (tertiary/aromatic N) is 1. The molecular weight excluding hydrogens is 276 g/mol. The van der Waals surface area contributed by atoms with E-state index in [1.165, 1.54) is 0 Å². The summed E-state index contributed by atoms with van der Waals surface area (Å²) in [4.78, 5) is 4.03. The number of methoxy groups -OCH3 is 1. The van der Waals surface area contributed by atoms with Crippen molar-refractivity contribution in [3.63, 3.8) is 0 Å². The Balaban J connectivity index is 1.86. The van der Waals surface area contributed by atoms with Crippen LogP contribution < -0.4 is 15.2 Å². The fourth-order valence-corrected chi connectivity index (χ4v) is 2.53. The van der Waals surface area contributed by atoms with Gasteiger partial charge in [0, 0.05) is 6.20 Å². The van der Waals surface area contributed by atoms with E-state index in [-0.39, 0.29) is 0 Å². The van der Waals surface area contributed by atoms with E-state index in [2.05, 4.69) is 4.98 Å². The molecule has 0 bridgehead atoms. The number of nitrogens with two attached hydrogens (primary N) is 1. The minimum Gasteiger partial charge on any atom is -0.497 e. The highest BCUT2D eigenvalue weighted by atomic mass is 32.2. The molecule has 1 unspecified atom stereocenters. The van der Waals surface area contributed by atoms with Crippen molar-refractivity contribution in [3.05, 3.63) is 42.6 Å². The normalized spacial score (nSPS) is 11.8. The maximum atomic E-state index is 12.0. The summed E-state index contributed by atoms with van der Waals surface area (Å²) in [6, 6.07) is 10.6. The number of ether oxygens (including phenoxy) is 2. The van der Waals surface area contributed by atoms with Crippen LogP contribution in [0, 0.1) is 0 Å². The fraction of sp³-hybridized carbons (Fsp3) is 0.214. The molecule has 0 aliphatic rings. The molecule has 2 N–H and O–H groups in total. The second-order valence-corrected chi connectivity index (χ2v) is 5.46. The molecule has 0 radical (unpaired) electrons. The molecule has 0 spiro atoms. The van der Waals surface area contributed by atoms with Crippen molar-refractivity contribution in [2.45, 2.75) is 5.03 Å². The van der Waals surface area contributed by atoms with Crippen molar-refractivity contribution in [2.24, 2.45) is 0 Å². The van der Waals surface area contributed by atoms with E-state index < -0.39 is 10.8 Å². The molecule has 20 heavy (non-hydrogen) atoms. The third-order valence-electron chi connectivity index (χ3n) is 2.61. The standard InChI is InChI=1S/C14H16N2O3S/c1-18-11-4-6-12(7-5-11)19-9-10-20(17)14-13(15)3-2-8-16-14/h2-8H,9-10,15H2,1H3. The topological polar surface area (TPSA) is 74.4 Å². The zero-order valence-corrected chi connectivity index (χ0v) is 11.9. The van der Waals surface area contributed by atoms with Gasteiger partial charge >= 0.3 is 0 Å². The summed E-state index contributed by atoms with van der Waals surface area (Å²) in [7, 11) is 0.347. The molecule has 0 fully saturated rings. The van der Waals surface area contributed by atoms with Gasteiger partial charge in [-0.05, 0) is 36.4 Å². The van der Waals surface area contributed by atoms with Crippen LogP contribution in [0.15, 0.2) is 47.6 Å². The fourth-order valence-electron chi connectivity index (χ4n) is 1.60. The Bertz CT molecular complexity index is 587. The van der Waals surface area contributed by atoms with Gasteiger partial charge in [-0.2, -0.15) is 0 Å². The molecule has 1 heterocycles. The molecule has 6 heteroatoms. The van der Waals surface area contributed by atoms with Gasteiger partial charge in [-0.25, -0.2) is 4.98 Å². The van der Waals surface area contributed by atoms with E-state index in [0.29, 0.717) is 28.8 Å². The van der Waals surface area contributed by atoms with Crippen LogP contribution in [0.5, 0.6) is 11.5 Å². The Kier molecular flexibility index (Phi) is 4.95. The van der Waals surface area contributed by atoms with Crippen molar-refractivity contribution in [3.8, 4) is 11.5 Å². The number of hydrogen-bond acceptors (Lipinski definition) is 5. The number of benzene rings is 1. The maximum absolute atomic E-state index is 12.0. The van der Waals surface area contributed by atoms with E-state index in [4.69, 9.17) is 15.2 Å². The van der Waals surface area contributed by atoms with Crippen LogP contribution in [0.4, 0.5) is 5.69 Å². The lowest BCUT2D eigenvalue weighted by Crippen LogP contribution is -2.11. The first-order valence-electron chi connectivity index (χ1n) is 6.06. The van der Waals surface area contributed by atoms with Crippen LogP contribution in [-0.4, -0.2) is 28.7 Å². The van der Waals surface area contributed by atoms with Crippen LogP contribution in [0.2, 0.25) is 0 Å². The Morgan fingerprint density at radius 1 is 1.20 bits per heavy atom. The molecule has 2 rings (SSSR count). The maximum Gasteiger partial charge on any atom is 0.150 e. The van der Waals surface area contributed by atoms with Crippen molar-refractivity contribution in [2.75, 3.05) is 25.2 Å². The first kappa shape index (κ1) is 14.3. The molecule has 1 aromatic carbocycles. The monoisotopic (exact) mass is 292 g/mol. The summed E-state index contributed by atoms with van der Waals surface area (Å²) in [6.45, 7) is 0.328. The highest BCUT2D eigenvalue weighted by Crippen LogP contribution is 2.17. The van der Waals surface area contributed by atoms with Crippen molar-refractivity contribution in [1.82, 2.24) is 4.98 Å². The number of pyridine rings is 1. The molecule has 0 amide bonds. The molecule has 0 aliphatic carbocycles. The van der Waals surface area contributed by atoms with Crippen molar-refractivity contribution >= 4 is 16.5 Å². The minimum atomic E-state index is -1.26. The van der Waals surface area contributed by atoms with Crippen molar-refractivity contribution in [1.29, 1.82) is 0 Å². The minimum absolute atomic E-state index is 0.328. The molecular formula is C14H16N2O3S. The lowest BCUT2D eigenvalue weighted by atomic mass is 10.3. The molecule has 0 aliphatic heterocycles. The highest BCUT2D eigenvalue weighted by Gasteiger charge is 2.09. The van der Waals surface area contributed by atoms with Gasteiger partial charge in [-0.3, -0.25) is 4.21 Å². The van der Waals surface area contributed by atoms with E-state index >= 15 is 0 Å². The molecule has 2 aromatic rings. The number of nitrogen functional groups attached to an aromatic ring is 1. The lowest BCUT2D eigenvalue weighted by molar-refractivity contribution is 0.341. The smallest absolute Gasteiger partial charge is 0.150 e. The quantitative estimate of drug-likeness (QED) is 0.879. The largest absolute Gasteiger partial charge is 0.497 e. The molecule has 0 saturated heterocycles. The predicted octanol–water partition coefficient (Wildman–Crippen LogP) is 1.86. The molecule has 106 valence electrons. The third kappa shape index (κ3) is 3.71. The van der Waals surface area contributed by atoms with E-state index in [1.807, 2.05) is 12.1 Å². The summed E-state index contributed by atoms with van der Waals surface area (Å²) in [5.74, 6) is 1.81. The van der Waals surface area contributed by atoms with Gasteiger partial charge in [0.25, 0.3) is 0 Å². The summed E-state index contributed by atoms with van der Waals surface area (Å²) >= 11 is 0. The summed E-state index contributed by atoms with van der Waals surface area (Å²) in [6.07, 6.45) is 1.58. The van der Waals surface area contributed by atoms with Gasteiger partial charge in [-0.15, -0.1) is 0 Å². The first-order valence-corrected chi connectivity index (χ1v) is 7.38. The molecule has 5 nitrogen and oxygen atoms in total. The average molecular weight is 292 g/mol. The Labute approximate surface area is 120 Å². The lowest BCUT2D eigenvalue weighted by Gasteiger charge is -2.07. The van der Waals surface area contributed by atoms with Gasteiger partial charge in [0.1, 0.15) is 23.1 Å². The van der Waals surface area contributed by atoms with Gasteiger partial charge in [-0.1, -0.05) is 0 Å². The number of rotatable bonds is 6.